The first-order chi connectivity index (χ1) is 12.6. The lowest BCUT2D eigenvalue weighted by Crippen LogP contribution is -2.38. The van der Waals surface area contributed by atoms with Gasteiger partial charge in [0.05, 0.1) is 21.1 Å². The quantitative estimate of drug-likeness (QED) is 0.740. The smallest absolute Gasteiger partial charge is 0.308 e. The largest absolute Gasteiger partial charge is 0.481 e. The zero-order chi connectivity index (χ0) is 18.4. The molecule has 26 heavy (non-hydrogen) atoms. The molecule has 2 heterocycles. The van der Waals surface area contributed by atoms with Crippen LogP contribution in [-0.4, -0.2) is 41.7 Å². The number of carboxylic acid groups (broad SMARTS) is 1. The molecule has 1 aromatic carbocycles. The van der Waals surface area contributed by atoms with Gasteiger partial charge in [0.2, 0.25) is 5.91 Å². The number of rotatable bonds is 8. The third-order valence-corrected chi connectivity index (χ3v) is 5.90. The van der Waals surface area contributed by atoms with Gasteiger partial charge >= 0.3 is 5.97 Å². The van der Waals surface area contributed by atoms with Gasteiger partial charge in [0.1, 0.15) is 0 Å². The number of hydrogen-bond acceptors (Lipinski definition) is 5. The monoisotopic (exact) mass is 376 g/mol. The molecule has 2 aromatic rings. The van der Waals surface area contributed by atoms with Crippen molar-refractivity contribution in [3.63, 3.8) is 0 Å². The molecule has 1 aliphatic heterocycles. The molecule has 0 aliphatic carbocycles. The maximum absolute atomic E-state index is 12.1. The third kappa shape index (κ3) is 5.02. The van der Waals surface area contributed by atoms with Gasteiger partial charge in [0.15, 0.2) is 0 Å². The number of carbonyl (C=O) groups is 2. The lowest BCUT2D eigenvalue weighted by Gasteiger charge is -2.27. The van der Waals surface area contributed by atoms with Crippen LogP contribution in [0.5, 0.6) is 0 Å². The normalized spacial score (nSPS) is 16.5. The number of ether oxygens (including phenoxy) is 1. The molecule has 2 N–H and O–H groups in total. The van der Waals surface area contributed by atoms with Crippen LogP contribution in [0.4, 0.5) is 0 Å². The van der Waals surface area contributed by atoms with Crippen LogP contribution in [0.15, 0.2) is 24.3 Å². The molecule has 0 radical (unpaired) electrons. The number of aliphatic carboxylic acids is 1. The van der Waals surface area contributed by atoms with E-state index >= 15 is 0 Å². The Morgan fingerprint density at radius 2 is 2.08 bits per heavy atom. The van der Waals surface area contributed by atoms with Gasteiger partial charge in [-0.05, 0) is 43.7 Å². The summed E-state index contributed by atoms with van der Waals surface area (Å²) in [6.07, 6.45) is 3.33. The molecule has 1 aliphatic rings. The van der Waals surface area contributed by atoms with Crippen molar-refractivity contribution in [3.05, 3.63) is 29.3 Å². The summed E-state index contributed by atoms with van der Waals surface area (Å²) in [5.74, 6) is -1.40. The van der Waals surface area contributed by atoms with Gasteiger partial charge in [-0.2, -0.15) is 0 Å². The summed E-state index contributed by atoms with van der Waals surface area (Å²) in [7, 11) is 0. The Morgan fingerprint density at radius 1 is 1.31 bits per heavy atom. The van der Waals surface area contributed by atoms with Crippen LogP contribution < -0.4 is 5.32 Å². The number of fused-ring (bicyclic) bond motifs is 1. The highest BCUT2D eigenvalue weighted by molar-refractivity contribution is 7.18. The van der Waals surface area contributed by atoms with Crippen molar-refractivity contribution < 1.29 is 19.4 Å². The minimum absolute atomic E-state index is 0.0734. The molecule has 1 saturated heterocycles. The van der Waals surface area contributed by atoms with E-state index in [-0.39, 0.29) is 18.4 Å². The highest BCUT2D eigenvalue weighted by Gasteiger charge is 2.29. The maximum atomic E-state index is 12.1. The van der Waals surface area contributed by atoms with E-state index in [0.29, 0.717) is 26.1 Å². The van der Waals surface area contributed by atoms with Crippen LogP contribution in [0.2, 0.25) is 0 Å². The molecular formula is C19H24N2O4S. The van der Waals surface area contributed by atoms with Gasteiger partial charge in [-0.15, -0.1) is 11.3 Å². The van der Waals surface area contributed by atoms with Crippen molar-refractivity contribution in [1.82, 2.24) is 10.3 Å². The van der Waals surface area contributed by atoms with E-state index in [2.05, 4.69) is 10.3 Å². The number of nitrogens with one attached hydrogen (secondary N) is 1. The van der Waals surface area contributed by atoms with Crippen LogP contribution in [0, 0.1) is 11.8 Å². The summed E-state index contributed by atoms with van der Waals surface area (Å²) in [6, 6.07) is 8.00. The fourth-order valence-electron chi connectivity index (χ4n) is 3.31. The van der Waals surface area contributed by atoms with Gasteiger partial charge in [-0.3, -0.25) is 9.59 Å². The van der Waals surface area contributed by atoms with Gasteiger partial charge in [0.25, 0.3) is 0 Å². The van der Waals surface area contributed by atoms with E-state index in [9.17, 15) is 14.7 Å². The molecule has 6 nitrogen and oxygen atoms in total. The van der Waals surface area contributed by atoms with Crippen LogP contribution in [-0.2, 0) is 20.7 Å². The first-order valence-electron chi connectivity index (χ1n) is 9.05. The Morgan fingerprint density at radius 3 is 2.81 bits per heavy atom. The molecule has 1 amide bonds. The number of benzene rings is 1. The zero-order valence-electron chi connectivity index (χ0n) is 14.6. The highest BCUT2D eigenvalue weighted by Crippen LogP contribution is 2.24. The fraction of sp³-hybridized carbons (Fsp3) is 0.526. The highest BCUT2D eigenvalue weighted by atomic mass is 32.1. The molecule has 0 saturated carbocycles. The predicted octanol–water partition coefficient (Wildman–Crippen LogP) is 2.86. The van der Waals surface area contributed by atoms with Crippen LogP contribution >= 0.6 is 11.3 Å². The van der Waals surface area contributed by atoms with Crippen molar-refractivity contribution in [3.8, 4) is 0 Å². The first kappa shape index (κ1) is 18.8. The minimum Gasteiger partial charge on any atom is -0.481 e. The minimum atomic E-state index is -0.841. The number of aromatic nitrogens is 1. The summed E-state index contributed by atoms with van der Waals surface area (Å²) in [5, 5.41) is 13.3. The fourth-order valence-corrected chi connectivity index (χ4v) is 4.32. The van der Waals surface area contributed by atoms with Crippen molar-refractivity contribution >= 4 is 33.4 Å². The molecule has 1 aromatic heterocycles. The first-order valence-corrected chi connectivity index (χ1v) is 9.87. The number of aryl methyl sites for hydroxylation is 1. The second-order valence-electron chi connectivity index (χ2n) is 6.63. The summed E-state index contributed by atoms with van der Waals surface area (Å²) < 4.78 is 6.45. The van der Waals surface area contributed by atoms with Crippen LogP contribution in [0.1, 0.15) is 30.7 Å². The van der Waals surface area contributed by atoms with E-state index in [0.717, 1.165) is 34.5 Å². The molecule has 0 spiro atoms. The van der Waals surface area contributed by atoms with Crippen LogP contribution in [0.3, 0.4) is 0 Å². The number of carboxylic acids is 1. The van der Waals surface area contributed by atoms with E-state index < -0.39 is 11.9 Å². The maximum Gasteiger partial charge on any atom is 0.308 e. The summed E-state index contributed by atoms with van der Waals surface area (Å²) in [6.45, 7) is 1.40. The number of amides is 1. The number of carbonyl (C=O) groups excluding carboxylic acids is 1. The Hall–Kier alpha value is -1.99. The lowest BCUT2D eigenvalue weighted by atomic mass is 9.86. The number of nitrogens with zero attached hydrogens (tertiary/aromatic N) is 1. The van der Waals surface area contributed by atoms with Crippen molar-refractivity contribution in [2.24, 2.45) is 11.8 Å². The molecule has 1 fully saturated rings. The average molecular weight is 376 g/mol. The summed E-state index contributed by atoms with van der Waals surface area (Å²) >= 11 is 1.66. The molecule has 140 valence electrons. The van der Waals surface area contributed by atoms with Gasteiger partial charge in [-0.25, -0.2) is 4.98 Å². The van der Waals surface area contributed by atoms with E-state index in [1.54, 1.807) is 11.3 Å². The Bertz CT molecular complexity index is 722. The topological polar surface area (TPSA) is 88.5 Å². The average Bonchev–Trinajstić information content (AvgIpc) is 3.05. The number of thiazole rings is 1. The lowest BCUT2D eigenvalue weighted by molar-refractivity contribution is -0.145. The Balaban J connectivity index is 1.42. The van der Waals surface area contributed by atoms with Crippen molar-refractivity contribution in [2.75, 3.05) is 19.8 Å². The standard InChI is InChI=1S/C19H24N2O4S/c22-17(20-12-14(19(23)24)13-8-10-25-11-9-13)6-3-7-18-21-15-4-1-2-5-16(15)26-18/h1-2,4-5,13-14H,3,6-12H2,(H,20,22)(H,23,24). The van der Waals surface area contributed by atoms with E-state index in [4.69, 9.17) is 4.74 Å². The summed E-state index contributed by atoms with van der Waals surface area (Å²) in [5.41, 5.74) is 0.998. The van der Waals surface area contributed by atoms with Gasteiger partial charge < -0.3 is 15.2 Å². The predicted molar refractivity (Wildman–Crippen MR) is 100 cm³/mol. The molecule has 3 rings (SSSR count). The molecule has 7 heteroatoms. The molecule has 1 atom stereocenters. The summed E-state index contributed by atoms with van der Waals surface area (Å²) in [4.78, 5) is 28.1. The molecular weight excluding hydrogens is 352 g/mol. The van der Waals surface area contributed by atoms with Gasteiger partial charge in [-0.1, -0.05) is 12.1 Å². The Labute approximate surface area is 156 Å². The number of hydrogen-bond donors (Lipinski definition) is 2. The molecule has 1 unspecified atom stereocenters. The van der Waals surface area contributed by atoms with Crippen LogP contribution in [0.25, 0.3) is 10.2 Å². The SMILES string of the molecule is O=C(CCCc1nc2ccccc2s1)NCC(C(=O)O)C1CCOCC1. The van der Waals surface area contributed by atoms with E-state index in [1.165, 1.54) is 0 Å². The zero-order valence-corrected chi connectivity index (χ0v) is 15.5. The second-order valence-corrected chi connectivity index (χ2v) is 7.74. The van der Waals surface area contributed by atoms with Crippen molar-refractivity contribution in [2.45, 2.75) is 32.1 Å². The third-order valence-electron chi connectivity index (χ3n) is 4.80. The van der Waals surface area contributed by atoms with E-state index in [1.807, 2.05) is 24.3 Å². The number of para-hydroxylation sites is 1. The second kappa shape index (κ2) is 9.09. The molecule has 0 bridgehead atoms. The Kier molecular flexibility index (Phi) is 6.57. The van der Waals surface area contributed by atoms with Gasteiger partial charge in [0, 0.05) is 26.2 Å². The van der Waals surface area contributed by atoms with Crippen molar-refractivity contribution in [1.29, 1.82) is 0 Å².